The molecule has 2 saturated carbocycles. The van der Waals surface area contributed by atoms with Crippen LogP contribution in [0.4, 0.5) is 0 Å². The summed E-state index contributed by atoms with van der Waals surface area (Å²) in [5.41, 5.74) is 8.16. The first-order valence-corrected chi connectivity index (χ1v) is 13.2. The maximum absolute atomic E-state index is 12.2. The fourth-order valence-corrected chi connectivity index (χ4v) is 7.05. The first-order valence-electron chi connectivity index (χ1n) is 12.7. The Balaban J connectivity index is 1.24. The summed E-state index contributed by atoms with van der Waals surface area (Å²) in [6.45, 7) is 2.83. The minimum atomic E-state index is -0.454. The van der Waals surface area contributed by atoms with Crippen LogP contribution in [0, 0.1) is 17.3 Å². The summed E-state index contributed by atoms with van der Waals surface area (Å²) in [5, 5.41) is 13.4. The van der Waals surface area contributed by atoms with Crippen molar-refractivity contribution in [2.45, 2.75) is 82.8 Å². The number of rotatable bonds is 10. The minimum Gasteiger partial charge on any atom is -0.484 e. The molecule has 2 fully saturated rings. The number of carbonyl (C=O) groups is 2. The number of hydrogen-bond donors (Lipinski definition) is 5. The highest BCUT2D eigenvalue weighted by atomic mass is 32.1. The van der Waals surface area contributed by atoms with Crippen LogP contribution in [0.3, 0.4) is 0 Å². The number of aliphatic hydroxyl groups excluding tert-OH is 1. The van der Waals surface area contributed by atoms with Crippen molar-refractivity contribution in [3.63, 3.8) is 0 Å². The molecular formula is C26H39N3O4S. The number of primary amides is 1. The lowest BCUT2D eigenvalue weighted by atomic mass is 9.55. The van der Waals surface area contributed by atoms with E-state index in [0.29, 0.717) is 30.7 Å². The van der Waals surface area contributed by atoms with Gasteiger partial charge in [-0.2, -0.15) is 0 Å². The highest BCUT2D eigenvalue weighted by Gasteiger charge is 2.54. The molecule has 0 aromatic heterocycles. The molecule has 0 radical (unpaired) electrons. The summed E-state index contributed by atoms with van der Waals surface area (Å²) in [4.78, 5) is 23.3. The highest BCUT2D eigenvalue weighted by molar-refractivity contribution is 7.78. The molecule has 3 aliphatic rings. The summed E-state index contributed by atoms with van der Waals surface area (Å²) < 4.78 is 8.38. The lowest BCUT2D eigenvalue weighted by Crippen LogP contribution is -2.43. The van der Waals surface area contributed by atoms with Gasteiger partial charge >= 0.3 is 0 Å². The van der Waals surface area contributed by atoms with Gasteiger partial charge in [-0.25, -0.2) is 0 Å². The maximum Gasteiger partial charge on any atom is 0.257 e. The number of fused-ring (bicyclic) bond motifs is 5. The van der Waals surface area contributed by atoms with Crippen LogP contribution in [0.5, 0.6) is 5.75 Å². The molecule has 188 valence electrons. The molecule has 0 spiro atoms. The van der Waals surface area contributed by atoms with Gasteiger partial charge in [-0.05, 0) is 104 Å². The quantitative estimate of drug-likeness (QED) is 0.256. The van der Waals surface area contributed by atoms with Gasteiger partial charge in [-0.15, -0.1) is 0 Å². The fourth-order valence-electron chi connectivity index (χ4n) is 6.79. The number of carbonyl (C=O) groups excluding carboxylic acids is 2. The van der Waals surface area contributed by atoms with Gasteiger partial charge < -0.3 is 20.9 Å². The smallest absolute Gasteiger partial charge is 0.257 e. The van der Waals surface area contributed by atoms with E-state index >= 15 is 0 Å². The Morgan fingerprint density at radius 2 is 2.09 bits per heavy atom. The van der Waals surface area contributed by atoms with Gasteiger partial charge in [0.05, 0.1) is 12.1 Å². The lowest BCUT2D eigenvalue weighted by Gasteiger charge is -2.50. The van der Waals surface area contributed by atoms with Crippen LogP contribution in [0.1, 0.15) is 75.3 Å². The van der Waals surface area contributed by atoms with Crippen LogP contribution in [-0.2, 0) is 16.0 Å². The molecule has 0 aliphatic heterocycles. The lowest BCUT2D eigenvalue weighted by molar-refractivity contribution is -0.123. The van der Waals surface area contributed by atoms with Gasteiger partial charge in [-0.1, -0.05) is 25.8 Å². The molecule has 0 bridgehead atoms. The molecule has 1 aromatic carbocycles. The van der Waals surface area contributed by atoms with E-state index in [1.807, 2.05) is 6.07 Å². The standard InChI is InChI=1S/C26H39N3O4S/c1-26-12-11-19-18-8-6-17(14-16(18)5-7-20(19)21(26)9-10-23(26)30)33-15-24(31)28-13-3-2-4-22(29-34)25(27)32/h6,8,14,19-23,29-30,34H,2-5,7,9-13,15H2,1H3,(H2,27,32)(H,28,31)/t19?,20?,21?,22-,23?,26?/m0/s1. The molecule has 8 heteroatoms. The molecule has 34 heavy (non-hydrogen) atoms. The molecule has 0 saturated heterocycles. The third-order valence-corrected chi connectivity index (χ3v) is 9.07. The number of benzene rings is 1. The molecule has 0 heterocycles. The molecule has 6 atom stereocenters. The third-order valence-electron chi connectivity index (χ3n) is 8.76. The molecule has 5 N–H and O–H groups in total. The average Bonchev–Trinajstić information content (AvgIpc) is 3.13. The topological polar surface area (TPSA) is 114 Å². The fraction of sp³-hybridized carbons (Fsp3) is 0.692. The van der Waals surface area contributed by atoms with Gasteiger partial charge in [0.2, 0.25) is 5.91 Å². The average molecular weight is 490 g/mol. The van der Waals surface area contributed by atoms with Crippen molar-refractivity contribution >= 4 is 24.6 Å². The number of aliphatic hydroxyl groups is 1. The van der Waals surface area contributed by atoms with E-state index in [1.54, 1.807) is 0 Å². The summed E-state index contributed by atoms with van der Waals surface area (Å²) in [5.74, 6) is 2.05. The van der Waals surface area contributed by atoms with Crippen LogP contribution in [0.2, 0.25) is 0 Å². The molecule has 4 rings (SSSR count). The summed E-state index contributed by atoms with van der Waals surface area (Å²) in [7, 11) is 0. The van der Waals surface area contributed by atoms with Crippen molar-refractivity contribution in [3.05, 3.63) is 29.3 Å². The van der Waals surface area contributed by atoms with Crippen molar-refractivity contribution < 1.29 is 19.4 Å². The van der Waals surface area contributed by atoms with E-state index in [2.05, 4.69) is 41.9 Å². The van der Waals surface area contributed by atoms with Crippen molar-refractivity contribution in [3.8, 4) is 5.75 Å². The zero-order chi connectivity index (χ0) is 24.3. The van der Waals surface area contributed by atoms with Crippen molar-refractivity contribution in [1.82, 2.24) is 10.0 Å². The Kier molecular flexibility index (Phi) is 8.10. The number of unbranched alkanes of at least 4 members (excludes halogenated alkanes) is 1. The highest BCUT2D eigenvalue weighted by Crippen LogP contribution is 2.60. The molecule has 3 aliphatic carbocycles. The predicted molar refractivity (Wildman–Crippen MR) is 135 cm³/mol. The first-order chi connectivity index (χ1) is 16.3. The van der Waals surface area contributed by atoms with Gasteiger partial charge in [0, 0.05) is 6.54 Å². The summed E-state index contributed by atoms with van der Waals surface area (Å²) >= 11 is 3.90. The molecule has 7 nitrogen and oxygen atoms in total. The van der Waals surface area contributed by atoms with Crippen LogP contribution < -0.4 is 20.5 Å². The molecule has 1 aromatic rings. The van der Waals surface area contributed by atoms with Gasteiger partial charge in [0.15, 0.2) is 6.61 Å². The second-order valence-electron chi connectivity index (χ2n) is 10.6. The van der Waals surface area contributed by atoms with Crippen LogP contribution in [-0.4, -0.2) is 42.2 Å². The van der Waals surface area contributed by atoms with Gasteiger partial charge in [-0.3, -0.25) is 14.3 Å². The SMILES string of the molecule is CC12CCC3c4ccc(OCC(=O)NCCCC[C@H](NS)C(N)=O)cc4CCC3C1CCC2O. The second-order valence-corrected chi connectivity index (χ2v) is 10.9. The largest absolute Gasteiger partial charge is 0.484 e. The number of ether oxygens (including phenoxy) is 1. The van der Waals surface area contributed by atoms with Crippen LogP contribution in [0.15, 0.2) is 18.2 Å². The number of nitrogens with one attached hydrogen (secondary N) is 2. The summed E-state index contributed by atoms with van der Waals surface area (Å²) in [6, 6.07) is 5.87. The van der Waals surface area contributed by atoms with E-state index in [0.717, 1.165) is 50.7 Å². The number of aryl methyl sites for hydroxylation is 1. The molecule has 2 amide bonds. The van der Waals surface area contributed by atoms with E-state index in [9.17, 15) is 14.7 Å². The monoisotopic (exact) mass is 489 g/mol. The normalized spacial score (nSPS) is 30.6. The minimum absolute atomic E-state index is 0.00867. The Morgan fingerprint density at radius 3 is 2.85 bits per heavy atom. The van der Waals surface area contributed by atoms with Crippen LogP contribution >= 0.6 is 12.8 Å². The van der Waals surface area contributed by atoms with Crippen molar-refractivity contribution in [1.29, 1.82) is 0 Å². The Bertz CT molecular complexity index is 897. The zero-order valence-electron chi connectivity index (χ0n) is 20.1. The van der Waals surface area contributed by atoms with Crippen molar-refractivity contribution in [2.24, 2.45) is 23.0 Å². The number of amides is 2. The number of hydrogen-bond acceptors (Lipinski definition) is 6. The van der Waals surface area contributed by atoms with Gasteiger partial charge in [0.1, 0.15) is 5.75 Å². The summed E-state index contributed by atoms with van der Waals surface area (Å²) in [6.07, 6.45) is 8.53. The third kappa shape index (κ3) is 5.24. The molecule has 5 unspecified atom stereocenters. The first kappa shape index (κ1) is 25.3. The Morgan fingerprint density at radius 1 is 1.26 bits per heavy atom. The van der Waals surface area contributed by atoms with Crippen molar-refractivity contribution in [2.75, 3.05) is 13.2 Å². The zero-order valence-corrected chi connectivity index (χ0v) is 21.0. The molecular weight excluding hydrogens is 450 g/mol. The Labute approximate surface area is 208 Å². The van der Waals surface area contributed by atoms with Gasteiger partial charge in [0.25, 0.3) is 5.91 Å². The van der Waals surface area contributed by atoms with Crippen LogP contribution in [0.25, 0.3) is 0 Å². The van der Waals surface area contributed by atoms with E-state index in [-0.39, 0.29) is 24.0 Å². The second kappa shape index (κ2) is 10.9. The number of nitrogens with two attached hydrogens (primary N) is 1. The number of thiol groups is 1. The maximum atomic E-state index is 12.2. The van der Waals surface area contributed by atoms with E-state index in [1.165, 1.54) is 17.5 Å². The Hall–Kier alpha value is -1.77. The van der Waals surface area contributed by atoms with E-state index < -0.39 is 11.9 Å². The van der Waals surface area contributed by atoms with E-state index in [4.69, 9.17) is 10.5 Å². The predicted octanol–water partition coefficient (Wildman–Crippen LogP) is 2.86.